The smallest absolute Gasteiger partial charge is 0.305 e. The van der Waals surface area contributed by atoms with Crippen LogP contribution in [0.25, 0.3) is 0 Å². The molecule has 0 bridgehead atoms. The molecule has 0 aromatic heterocycles. The number of rotatable bonds is 74. The molecule has 3 N–H and O–H groups in total. The Kier molecular flexibility index (Phi) is 73.9. The molecule has 0 heterocycles. The van der Waals surface area contributed by atoms with Gasteiger partial charge in [-0.05, 0) is 64.2 Å². The minimum absolute atomic E-state index is 0.0127. The Balaban J connectivity index is 3.36. The molecule has 0 fully saturated rings. The predicted molar refractivity (Wildman–Crippen MR) is 379 cm³/mol. The van der Waals surface area contributed by atoms with Crippen LogP contribution in [0, 0.1) is 0 Å². The largest absolute Gasteiger partial charge is 0.466 e. The number of amides is 1. The minimum atomic E-state index is -0.843. The van der Waals surface area contributed by atoms with Gasteiger partial charge in [-0.2, -0.15) is 0 Å². The number of ether oxygens (including phenoxy) is 1. The van der Waals surface area contributed by atoms with Gasteiger partial charge < -0.3 is 20.3 Å². The van der Waals surface area contributed by atoms with E-state index in [-0.39, 0.29) is 18.5 Å². The van der Waals surface area contributed by atoms with Crippen molar-refractivity contribution in [2.75, 3.05) is 13.2 Å². The monoisotopic (exact) mass is 1210 g/mol. The fraction of sp³-hybridized carbons (Fsp3) is 0.900. The molecule has 0 saturated heterocycles. The van der Waals surface area contributed by atoms with Crippen molar-refractivity contribution in [3.8, 4) is 0 Å². The summed E-state index contributed by atoms with van der Waals surface area (Å²) in [4.78, 5) is 24.7. The normalized spacial score (nSPS) is 12.7. The number of hydrogen-bond acceptors (Lipinski definition) is 5. The molecule has 0 aliphatic heterocycles. The number of carbonyl (C=O) groups excluding carboxylic acids is 2. The van der Waals surface area contributed by atoms with Crippen molar-refractivity contribution >= 4 is 11.9 Å². The van der Waals surface area contributed by atoms with Crippen LogP contribution >= 0.6 is 0 Å². The van der Waals surface area contributed by atoms with Gasteiger partial charge in [-0.3, -0.25) is 9.59 Å². The van der Waals surface area contributed by atoms with Gasteiger partial charge in [-0.25, -0.2) is 0 Å². The lowest BCUT2D eigenvalue weighted by Crippen LogP contribution is -2.45. The highest BCUT2D eigenvalue weighted by Crippen LogP contribution is 2.20. The van der Waals surface area contributed by atoms with Crippen LogP contribution in [0.4, 0.5) is 0 Å². The third-order valence-corrected chi connectivity index (χ3v) is 18.4. The first-order chi connectivity index (χ1) is 42.5. The average molecular weight is 1210 g/mol. The zero-order valence-electron chi connectivity index (χ0n) is 58.3. The first kappa shape index (κ1) is 84.1. The molecule has 1 amide bonds. The van der Waals surface area contributed by atoms with Gasteiger partial charge in [-0.1, -0.05) is 397 Å². The second kappa shape index (κ2) is 75.5. The van der Waals surface area contributed by atoms with Gasteiger partial charge in [0.1, 0.15) is 0 Å². The van der Waals surface area contributed by atoms with Gasteiger partial charge in [0.15, 0.2) is 0 Å². The second-order valence-corrected chi connectivity index (χ2v) is 27.0. The van der Waals surface area contributed by atoms with Crippen molar-refractivity contribution in [3.05, 3.63) is 36.5 Å². The molecule has 0 aromatic carbocycles. The zero-order valence-corrected chi connectivity index (χ0v) is 58.3. The third kappa shape index (κ3) is 71.2. The van der Waals surface area contributed by atoms with E-state index in [2.05, 4.69) is 43.5 Å². The van der Waals surface area contributed by atoms with Crippen LogP contribution in [0.3, 0.4) is 0 Å². The van der Waals surface area contributed by atoms with E-state index in [1.807, 2.05) is 6.08 Å². The second-order valence-electron chi connectivity index (χ2n) is 27.0. The summed E-state index contributed by atoms with van der Waals surface area (Å²) in [6.07, 6.45) is 98.3. The number of esters is 1. The van der Waals surface area contributed by atoms with E-state index in [1.54, 1.807) is 6.08 Å². The van der Waals surface area contributed by atoms with E-state index < -0.39 is 12.1 Å². The van der Waals surface area contributed by atoms with Crippen LogP contribution in [-0.4, -0.2) is 47.4 Å². The lowest BCUT2D eigenvalue weighted by Gasteiger charge is -2.20. The summed E-state index contributed by atoms with van der Waals surface area (Å²) in [6.45, 7) is 4.92. The number of allylic oxidation sites excluding steroid dienone is 5. The highest BCUT2D eigenvalue weighted by Gasteiger charge is 2.18. The Bertz CT molecular complexity index is 1390. The Morgan fingerprint density at radius 2 is 0.581 bits per heavy atom. The molecular formula is C80H153NO5. The van der Waals surface area contributed by atoms with Gasteiger partial charge in [0.2, 0.25) is 5.91 Å². The first-order valence-corrected chi connectivity index (χ1v) is 39.3. The highest BCUT2D eigenvalue weighted by atomic mass is 16.5. The summed E-state index contributed by atoms with van der Waals surface area (Å²) in [7, 11) is 0. The van der Waals surface area contributed by atoms with Crippen molar-refractivity contribution < 1.29 is 24.5 Å². The maximum atomic E-state index is 12.5. The summed E-state index contributed by atoms with van der Waals surface area (Å²) < 4.78 is 5.51. The number of nitrogens with one attached hydrogen (secondary N) is 1. The van der Waals surface area contributed by atoms with Crippen LogP contribution < -0.4 is 5.32 Å². The molecule has 0 rings (SSSR count). The summed E-state index contributed by atoms with van der Waals surface area (Å²) in [5.41, 5.74) is 0. The highest BCUT2D eigenvalue weighted by molar-refractivity contribution is 5.76. The Labute approximate surface area is 538 Å². The molecule has 0 spiro atoms. The lowest BCUT2D eigenvalue weighted by atomic mass is 10.0. The van der Waals surface area contributed by atoms with E-state index >= 15 is 0 Å². The molecule has 508 valence electrons. The Morgan fingerprint density at radius 3 is 0.907 bits per heavy atom. The number of aliphatic hydroxyl groups excluding tert-OH is 2. The molecule has 2 atom stereocenters. The lowest BCUT2D eigenvalue weighted by molar-refractivity contribution is -0.143. The van der Waals surface area contributed by atoms with Gasteiger partial charge in [0, 0.05) is 12.8 Å². The van der Waals surface area contributed by atoms with E-state index in [4.69, 9.17) is 4.74 Å². The number of hydrogen-bond donors (Lipinski definition) is 3. The molecular weight excluding hydrogens is 1050 g/mol. The van der Waals surface area contributed by atoms with Gasteiger partial charge in [0.25, 0.3) is 0 Å². The molecule has 0 saturated carbocycles. The number of carbonyl (C=O) groups is 2. The third-order valence-electron chi connectivity index (χ3n) is 18.4. The minimum Gasteiger partial charge on any atom is -0.466 e. The van der Waals surface area contributed by atoms with Crippen LogP contribution in [0.2, 0.25) is 0 Å². The Morgan fingerprint density at radius 1 is 0.326 bits per heavy atom. The molecule has 6 heteroatoms. The van der Waals surface area contributed by atoms with E-state index in [1.165, 1.54) is 360 Å². The summed E-state index contributed by atoms with van der Waals surface area (Å²) >= 11 is 0. The topological polar surface area (TPSA) is 95.9 Å². The van der Waals surface area contributed by atoms with Crippen molar-refractivity contribution in [2.45, 2.75) is 450 Å². The molecule has 6 nitrogen and oxygen atoms in total. The standard InChI is InChI=1S/C80H153NO5/c1-3-5-7-9-11-13-15-17-19-21-22-23-34-37-41-44-48-52-56-60-64-68-72-78(83)77(76-82)81-79(84)73-69-65-61-57-53-49-45-42-38-35-32-30-28-26-24-25-27-29-31-33-36-39-43-47-51-55-59-63-67-71-75-86-80(85)74-70-66-62-58-54-50-46-40-20-18-16-14-12-10-8-6-4-2/h12,14,18,20,68,72,77-78,82-83H,3-11,13,15-17,19,21-67,69-71,73-76H2,1-2H3,(H,81,84)/b14-12-,20-18-,72-68+. The molecule has 0 radical (unpaired) electrons. The summed E-state index contributed by atoms with van der Waals surface area (Å²) in [5, 5.41) is 23.3. The quantitative estimate of drug-likeness (QED) is 0.0320. The fourth-order valence-corrected chi connectivity index (χ4v) is 12.4. The van der Waals surface area contributed by atoms with E-state index in [0.29, 0.717) is 19.4 Å². The zero-order chi connectivity index (χ0) is 62.0. The first-order valence-electron chi connectivity index (χ1n) is 39.3. The summed E-state index contributed by atoms with van der Waals surface area (Å²) in [5.74, 6) is -0.0467. The molecule has 0 aromatic rings. The number of unbranched alkanes of at least 4 members (excludes halogenated alkanes) is 59. The van der Waals surface area contributed by atoms with Crippen LogP contribution in [0.15, 0.2) is 36.5 Å². The Hall–Kier alpha value is -1.92. The van der Waals surface area contributed by atoms with Crippen LogP contribution in [0.1, 0.15) is 438 Å². The van der Waals surface area contributed by atoms with E-state index in [9.17, 15) is 19.8 Å². The SMILES string of the molecule is CCCCC/C=C\C/C=C\CCCCCCCCCC(=O)OCCCCCCCCCCCCCCCCCCCCCCCCCCCCCCCCC(=O)NC(CO)C(O)/C=C/CCCCCCCCCCCCCCCCCCCCCC. The van der Waals surface area contributed by atoms with Crippen LogP contribution in [-0.2, 0) is 14.3 Å². The molecule has 86 heavy (non-hydrogen) atoms. The van der Waals surface area contributed by atoms with Crippen molar-refractivity contribution in [1.82, 2.24) is 5.32 Å². The maximum Gasteiger partial charge on any atom is 0.305 e. The van der Waals surface area contributed by atoms with Gasteiger partial charge in [-0.15, -0.1) is 0 Å². The molecule has 0 aliphatic carbocycles. The van der Waals surface area contributed by atoms with Gasteiger partial charge in [0.05, 0.1) is 25.4 Å². The maximum absolute atomic E-state index is 12.5. The molecule has 2 unspecified atom stereocenters. The van der Waals surface area contributed by atoms with Crippen LogP contribution in [0.5, 0.6) is 0 Å². The van der Waals surface area contributed by atoms with E-state index in [0.717, 1.165) is 51.4 Å². The van der Waals surface area contributed by atoms with Crippen molar-refractivity contribution in [2.24, 2.45) is 0 Å². The number of aliphatic hydroxyl groups is 2. The van der Waals surface area contributed by atoms with Crippen molar-refractivity contribution in [1.29, 1.82) is 0 Å². The predicted octanol–water partition coefficient (Wildman–Crippen LogP) is 25.8. The summed E-state index contributed by atoms with van der Waals surface area (Å²) in [6, 6.07) is -0.626. The average Bonchev–Trinajstić information content (AvgIpc) is 3.56. The van der Waals surface area contributed by atoms with Crippen molar-refractivity contribution in [3.63, 3.8) is 0 Å². The fourth-order valence-electron chi connectivity index (χ4n) is 12.4. The van der Waals surface area contributed by atoms with Gasteiger partial charge >= 0.3 is 5.97 Å². The molecule has 0 aliphatic rings.